The Balaban J connectivity index is 1.34. The van der Waals surface area contributed by atoms with Gasteiger partial charge in [0.25, 0.3) is 0 Å². The van der Waals surface area contributed by atoms with Crippen LogP contribution in [0.5, 0.6) is 11.5 Å². The van der Waals surface area contributed by atoms with Crippen molar-refractivity contribution in [3.05, 3.63) is 109 Å². The van der Waals surface area contributed by atoms with Gasteiger partial charge in [-0.1, -0.05) is 24.3 Å². The van der Waals surface area contributed by atoms with E-state index in [4.69, 9.17) is 29.4 Å². The van der Waals surface area contributed by atoms with E-state index >= 15 is 0 Å². The number of aliphatic hydroxyl groups is 1. The Morgan fingerprint density at radius 2 is 1.00 bits per heavy atom. The zero-order valence-corrected chi connectivity index (χ0v) is 27.2. The van der Waals surface area contributed by atoms with Gasteiger partial charge in [-0.3, -0.25) is 4.90 Å². The molecule has 0 unspecified atom stereocenters. The number of benzene rings is 4. The molecule has 2 heterocycles. The van der Waals surface area contributed by atoms with Crippen molar-refractivity contribution in [2.24, 2.45) is 0 Å². The van der Waals surface area contributed by atoms with Crippen LogP contribution in [-0.2, 0) is 13.1 Å². The van der Waals surface area contributed by atoms with Gasteiger partial charge < -0.3 is 24.4 Å². The molecular weight excluding hydrogens is 590 g/mol. The minimum absolute atomic E-state index is 0.0740. The number of methoxy groups -OCH3 is 2. The predicted octanol–water partition coefficient (Wildman–Crippen LogP) is 6.51. The Labute approximate surface area is 274 Å². The maximum Gasteiger partial charge on any atom is 0.145 e. The second-order valence-electron chi connectivity index (χ2n) is 11.3. The number of fused-ring (bicyclic) bond motifs is 2. The van der Waals surface area contributed by atoms with E-state index in [1.807, 2.05) is 111 Å². The summed E-state index contributed by atoms with van der Waals surface area (Å²) >= 11 is 0. The third-order valence-corrected chi connectivity index (χ3v) is 8.18. The average Bonchev–Trinajstić information content (AvgIpc) is 3.12. The molecule has 0 aliphatic carbocycles. The van der Waals surface area contributed by atoms with Gasteiger partial charge in [0.2, 0.25) is 0 Å². The minimum atomic E-state index is 0.0740. The zero-order valence-electron chi connectivity index (χ0n) is 27.2. The number of aliphatic hydroxyl groups excluding tert-OH is 1. The summed E-state index contributed by atoms with van der Waals surface area (Å²) in [5.74, 6) is 4.56. The normalized spacial score (nSPS) is 11.3. The van der Waals surface area contributed by atoms with Gasteiger partial charge in [-0.2, -0.15) is 0 Å². The van der Waals surface area contributed by atoms with Crippen molar-refractivity contribution in [2.75, 3.05) is 51.3 Å². The fraction of sp³-hybridized carbons (Fsp3) is 0.243. The first-order valence-electron chi connectivity index (χ1n) is 15.6. The molecule has 10 nitrogen and oxygen atoms in total. The van der Waals surface area contributed by atoms with E-state index in [1.165, 1.54) is 0 Å². The number of hydrogen-bond acceptors (Lipinski definition) is 10. The van der Waals surface area contributed by atoms with E-state index in [-0.39, 0.29) is 6.61 Å². The van der Waals surface area contributed by atoms with E-state index < -0.39 is 0 Å². The molecule has 1 N–H and O–H groups in total. The molecule has 2 aromatic heterocycles. The smallest absolute Gasteiger partial charge is 0.145 e. The van der Waals surface area contributed by atoms with Gasteiger partial charge in [0, 0.05) is 49.4 Å². The lowest BCUT2D eigenvalue weighted by molar-refractivity contribution is 0.206. The monoisotopic (exact) mass is 629 g/mol. The number of para-hydroxylation sites is 2. The second-order valence-corrected chi connectivity index (χ2v) is 11.3. The maximum atomic E-state index is 9.77. The van der Waals surface area contributed by atoms with Crippen LogP contribution >= 0.6 is 0 Å². The molecule has 0 atom stereocenters. The van der Waals surface area contributed by atoms with E-state index in [2.05, 4.69) is 14.7 Å². The van der Waals surface area contributed by atoms with Gasteiger partial charge in [0.05, 0.1) is 38.3 Å². The van der Waals surface area contributed by atoms with Crippen molar-refractivity contribution in [1.29, 1.82) is 0 Å². The summed E-state index contributed by atoms with van der Waals surface area (Å²) in [6.07, 6.45) is 0.596. The van der Waals surface area contributed by atoms with Gasteiger partial charge in [-0.05, 0) is 79.2 Å². The van der Waals surface area contributed by atoms with Crippen molar-refractivity contribution in [1.82, 2.24) is 24.8 Å². The third-order valence-electron chi connectivity index (χ3n) is 8.18. The summed E-state index contributed by atoms with van der Waals surface area (Å²) in [7, 11) is 7.34. The number of nitrogens with zero attached hydrogens (tertiary/aromatic N) is 7. The zero-order chi connectivity index (χ0) is 32.8. The molecule has 0 aliphatic rings. The molecule has 0 saturated carbocycles. The Morgan fingerprint density at radius 1 is 0.574 bits per heavy atom. The fourth-order valence-electron chi connectivity index (χ4n) is 5.63. The number of ether oxygens (including phenoxy) is 2. The van der Waals surface area contributed by atoms with Crippen LogP contribution in [-0.4, -0.2) is 71.4 Å². The van der Waals surface area contributed by atoms with Gasteiger partial charge in [0.15, 0.2) is 0 Å². The maximum absolute atomic E-state index is 9.77. The van der Waals surface area contributed by atoms with Crippen molar-refractivity contribution in [3.63, 3.8) is 0 Å². The van der Waals surface area contributed by atoms with E-state index in [0.29, 0.717) is 37.7 Å². The standard InChI is InChI=1S/C37H39N7O3/c1-42(26-14-18-28(46-3)19-15-26)36-30-10-5-7-12-32(30)38-34(40-36)24-44(22-9-23-45)25-35-39-33-13-8-6-11-31(33)37(41-35)43(2)27-16-20-29(47-4)21-17-27/h5-8,10-21,45H,9,22-25H2,1-4H3. The van der Waals surface area contributed by atoms with Crippen LogP contribution < -0.4 is 19.3 Å². The first-order valence-corrected chi connectivity index (χ1v) is 15.6. The lowest BCUT2D eigenvalue weighted by Crippen LogP contribution is -2.27. The molecule has 4 aromatic carbocycles. The van der Waals surface area contributed by atoms with Crippen LogP contribution in [0.3, 0.4) is 0 Å². The van der Waals surface area contributed by atoms with Gasteiger partial charge in [-0.25, -0.2) is 19.9 Å². The first kappa shape index (κ1) is 31.7. The molecule has 0 fully saturated rings. The summed E-state index contributed by atoms with van der Waals surface area (Å²) in [6, 6.07) is 31.9. The average molecular weight is 630 g/mol. The van der Waals surface area contributed by atoms with Crippen molar-refractivity contribution < 1.29 is 14.6 Å². The summed E-state index contributed by atoms with van der Waals surface area (Å²) in [5, 5.41) is 11.7. The Morgan fingerprint density at radius 3 is 1.40 bits per heavy atom. The topological polar surface area (TPSA) is 100.0 Å². The number of hydrogen-bond donors (Lipinski definition) is 1. The highest BCUT2D eigenvalue weighted by molar-refractivity contribution is 5.92. The second kappa shape index (κ2) is 14.4. The Kier molecular flexibility index (Phi) is 9.70. The molecule has 6 aromatic rings. The molecule has 0 saturated heterocycles. The number of aromatic nitrogens is 4. The van der Waals surface area contributed by atoms with E-state index in [9.17, 15) is 5.11 Å². The van der Waals surface area contributed by atoms with Crippen LogP contribution in [0.25, 0.3) is 21.8 Å². The van der Waals surface area contributed by atoms with Crippen LogP contribution in [0.4, 0.5) is 23.0 Å². The molecule has 240 valence electrons. The summed E-state index contributed by atoms with van der Waals surface area (Å²) in [6.45, 7) is 1.60. The molecule has 0 bridgehead atoms. The molecule has 10 heteroatoms. The van der Waals surface area contributed by atoms with Gasteiger partial charge in [-0.15, -0.1) is 0 Å². The number of anilines is 4. The molecule has 47 heavy (non-hydrogen) atoms. The third kappa shape index (κ3) is 7.09. The van der Waals surface area contributed by atoms with Crippen molar-refractivity contribution in [3.8, 4) is 11.5 Å². The predicted molar refractivity (Wildman–Crippen MR) is 187 cm³/mol. The van der Waals surface area contributed by atoms with Crippen LogP contribution in [0.1, 0.15) is 18.1 Å². The lowest BCUT2D eigenvalue weighted by Gasteiger charge is -2.25. The molecule has 0 spiro atoms. The van der Waals surface area contributed by atoms with Gasteiger partial charge in [0.1, 0.15) is 34.8 Å². The van der Waals surface area contributed by atoms with Crippen LogP contribution in [0.15, 0.2) is 97.1 Å². The lowest BCUT2D eigenvalue weighted by atomic mass is 10.2. The summed E-state index contributed by atoms with van der Waals surface area (Å²) in [4.78, 5) is 26.4. The van der Waals surface area contributed by atoms with Crippen molar-refractivity contribution >= 4 is 44.8 Å². The quantitative estimate of drug-likeness (QED) is 0.152. The fourth-order valence-corrected chi connectivity index (χ4v) is 5.63. The summed E-state index contributed by atoms with van der Waals surface area (Å²) < 4.78 is 10.7. The Bertz CT molecular complexity index is 1810. The largest absolute Gasteiger partial charge is 0.497 e. The molecule has 0 aliphatic heterocycles. The minimum Gasteiger partial charge on any atom is -0.497 e. The first-order chi connectivity index (χ1) is 23.0. The summed E-state index contributed by atoms with van der Waals surface area (Å²) in [5.41, 5.74) is 3.69. The Hall–Kier alpha value is -5.32. The molecule has 6 rings (SSSR count). The molecule has 0 radical (unpaired) electrons. The van der Waals surface area contributed by atoms with E-state index in [0.717, 1.165) is 56.3 Å². The van der Waals surface area contributed by atoms with Crippen molar-refractivity contribution in [2.45, 2.75) is 19.5 Å². The molecular formula is C37H39N7O3. The highest BCUT2D eigenvalue weighted by atomic mass is 16.5. The molecule has 0 amide bonds. The van der Waals surface area contributed by atoms with Gasteiger partial charge >= 0.3 is 0 Å². The van der Waals surface area contributed by atoms with E-state index in [1.54, 1.807) is 14.2 Å². The number of rotatable bonds is 13. The van der Waals surface area contributed by atoms with Crippen LogP contribution in [0, 0.1) is 0 Å². The highest BCUT2D eigenvalue weighted by Crippen LogP contribution is 2.32. The van der Waals surface area contributed by atoms with Crippen LogP contribution in [0.2, 0.25) is 0 Å². The SMILES string of the molecule is COc1ccc(N(C)c2nc(CN(CCCO)Cc3nc(N(C)c4ccc(OC)cc4)c4ccccc4n3)nc3ccccc23)cc1. The highest BCUT2D eigenvalue weighted by Gasteiger charge is 2.19.